The predicted octanol–water partition coefficient (Wildman–Crippen LogP) is 3.46. The first-order valence-electron chi connectivity index (χ1n) is 4.53. The third-order valence-electron chi connectivity index (χ3n) is 2.06. The first-order valence-corrected chi connectivity index (χ1v) is 5.29. The summed E-state index contributed by atoms with van der Waals surface area (Å²) in [5, 5.41) is 0.915. The van der Waals surface area contributed by atoms with Crippen molar-refractivity contribution in [2.24, 2.45) is 0 Å². The van der Waals surface area contributed by atoms with Crippen molar-refractivity contribution in [3.8, 4) is 17.1 Å². The quantitative estimate of drug-likeness (QED) is 0.824. The minimum atomic E-state index is 0.418. The van der Waals surface area contributed by atoms with Crippen LogP contribution in [-0.2, 0) is 0 Å². The van der Waals surface area contributed by atoms with E-state index in [2.05, 4.69) is 9.97 Å². The highest BCUT2D eigenvalue weighted by atomic mass is 35.5. The number of ether oxygens (including phenoxy) is 1. The second kappa shape index (κ2) is 4.68. The van der Waals surface area contributed by atoms with Gasteiger partial charge < -0.3 is 4.74 Å². The Kier molecular flexibility index (Phi) is 3.27. The highest BCUT2D eigenvalue weighted by molar-refractivity contribution is 6.39. The van der Waals surface area contributed by atoms with Gasteiger partial charge in [-0.25, -0.2) is 9.97 Å². The third-order valence-corrected chi connectivity index (χ3v) is 2.76. The molecule has 3 nitrogen and oxygen atoms in total. The largest absolute Gasteiger partial charge is 0.495 e. The summed E-state index contributed by atoms with van der Waals surface area (Å²) >= 11 is 12.2. The van der Waals surface area contributed by atoms with Crippen molar-refractivity contribution in [3.05, 3.63) is 40.6 Å². The molecule has 1 aromatic heterocycles. The van der Waals surface area contributed by atoms with Crippen molar-refractivity contribution in [2.45, 2.75) is 0 Å². The molecule has 0 atom stereocenters. The molecular weight excluding hydrogens is 247 g/mol. The van der Waals surface area contributed by atoms with Gasteiger partial charge in [0.1, 0.15) is 5.75 Å². The van der Waals surface area contributed by atoms with Crippen LogP contribution in [0.2, 0.25) is 10.0 Å². The summed E-state index contributed by atoms with van der Waals surface area (Å²) in [4.78, 5) is 8.22. The number of rotatable bonds is 2. The van der Waals surface area contributed by atoms with E-state index in [9.17, 15) is 0 Å². The van der Waals surface area contributed by atoms with E-state index in [1.807, 2.05) is 0 Å². The molecule has 0 spiro atoms. The number of benzene rings is 1. The third kappa shape index (κ3) is 1.96. The average molecular weight is 255 g/mol. The molecule has 0 N–H and O–H groups in total. The maximum absolute atomic E-state index is 6.16. The molecule has 82 valence electrons. The molecule has 0 saturated heterocycles. The van der Waals surface area contributed by atoms with Gasteiger partial charge in [-0.2, -0.15) is 0 Å². The van der Waals surface area contributed by atoms with Gasteiger partial charge in [-0.3, -0.25) is 0 Å². The molecule has 0 bridgehead atoms. The molecule has 1 aromatic carbocycles. The Morgan fingerprint density at radius 2 is 1.81 bits per heavy atom. The fraction of sp³-hybridized carbons (Fsp3) is 0.0909. The average Bonchev–Trinajstić information content (AvgIpc) is 2.31. The van der Waals surface area contributed by atoms with Gasteiger partial charge in [0.2, 0.25) is 0 Å². The minimum absolute atomic E-state index is 0.418. The normalized spacial score (nSPS) is 10.2. The Morgan fingerprint density at radius 1 is 1.12 bits per heavy atom. The van der Waals surface area contributed by atoms with Crippen molar-refractivity contribution in [3.63, 3.8) is 0 Å². The van der Waals surface area contributed by atoms with Gasteiger partial charge in [-0.15, -0.1) is 0 Å². The van der Waals surface area contributed by atoms with Crippen LogP contribution in [0, 0.1) is 0 Å². The van der Waals surface area contributed by atoms with Crippen LogP contribution >= 0.6 is 23.2 Å². The molecule has 0 aliphatic rings. The summed E-state index contributed by atoms with van der Waals surface area (Å²) in [7, 11) is 1.55. The minimum Gasteiger partial charge on any atom is -0.495 e. The van der Waals surface area contributed by atoms with E-state index in [4.69, 9.17) is 27.9 Å². The van der Waals surface area contributed by atoms with E-state index < -0.39 is 0 Å². The lowest BCUT2D eigenvalue weighted by Gasteiger charge is -2.09. The Labute approximate surface area is 103 Å². The summed E-state index contributed by atoms with van der Waals surface area (Å²) in [5.74, 6) is 1.03. The Bertz CT molecular complexity index is 503. The molecule has 2 rings (SSSR count). The first-order chi connectivity index (χ1) is 7.74. The van der Waals surface area contributed by atoms with Gasteiger partial charge in [0, 0.05) is 12.4 Å². The van der Waals surface area contributed by atoms with Crippen molar-refractivity contribution >= 4 is 23.2 Å². The van der Waals surface area contributed by atoms with Crippen LogP contribution in [0.4, 0.5) is 0 Å². The first kappa shape index (κ1) is 11.2. The van der Waals surface area contributed by atoms with Crippen LogP contribution in [-0.4, -0.2) is 17.1 Å². The van der Waals surface area contributed by atoms with Gasteiger partial charge in [0.05, 0.1) is 22.7 Å². The number of nitrogens with zero attached hydrogens (tertiary/aromatic N) is 2. The zero-order valence-corrected chi connectivity index (χ0v) is 9.96. The maximum atomic E-state index is 6.16. The molecule has 0 saturated carbocycles. The molecule has 5 heteroatoms. The number of hydrogen-bond acceptors (Lipinski definition) is 3. The van der Waals surface area contributed by atoms with Crippen molar-refractivity contribution < 1.29 is 4.74 Å². The SMILES string of the molecule is COc1ccc(Cl)c(-c2ncccn2)c1Cl. The molecular formula is C11H8Cl2N2O. The standard InChI is InChI=1S/C11H8Cl2N2O/c1-16-8-4-3-7(12)9(10(8)13)11-14-5-2-6-15-11/h2-6H,1H3. The number of aromatic nitrogens is 2. The summed E-state index contributed by atoms with van der Waals surface area (Å²) in [6.07, 6.45) is 3.27. The fourth-order valence-corrected chi connectivity index (χ4v) is 1.94. The lowest BCUT2D eigenvalue weighted by atomic mass is 10.2. The molecule has 0 fully saturated rings. The summed E-state index contributed by atoms with van der Waals surface area (Å²) in [6.45, 7) is 0. The van der Waals surface area contributed by atoms with E-state index in [1.54, 1.807) is 37.7 Å². The number of hydrogen-bond donors (Lipinski definition) is 0. The molecule has 0 aliphatic carbocycles. The smallest absolute Gasteiger partial charge is 0.162 e. The lowest BCUT2D eigenvalue weighted by Crippen LogP contribution is -1.92. The van der Waals surface area contributed by atoms with E-state index in [0.29, 0.717) is 27.2 Å². The van der Waals surface area contributed by atoms with Crippen LogP contribution in [0.1, 0.15) is 0 Å². The molecule has 16 heavy (non-hydrogen) atoms. The molecule has 1 heterocycles. The van der Waals surface area contributed by atoms with Crippen LogP contribution in [0.15, 0.2) is 30.6 Å². The van der Waals surface area contributed by atoms with Gasteiger partial charge >= 0.3 is 0 Å². The highest BCUT2D eigenvalue weighted by Crippen LogP contribution is 2.38. The van der Waals surface area contributed by atoms with E-state index in [1.165, 1.54) is 0 Å². The van der Waals surface area contributed by atoms with Gasteiger partial charge in [0.15, 0.2) is 5.82 Å². The number of halogens is 2. The van der Waals surface area contributed by atoms with Crippen LogP contribution in [0.3, 0.4) is 0 Å². The molecule has 0 radical (unpaired) electrons. The van der Waals surface area contributed by atoms with Gasteiger partial charge in [0.25, 0.3) is 0 Å². The van der Waals surface area contributed by atoms with Crippen LogP contribution < -0.4 is 4.74 Å². The lowest BCUT2D eigenvalue weighted by molar-refractivity contribution is 0.415. The zero-order valence-electron chi connectivity index (χ0n) is 8.45. The van der Waals surface area contributed by atoms with Crippen LogP contribution in [0.5, 0.6) is 5.75 Å². The van der Waals surface area contributed by atoms with Gasteiger partial charge in [-0.05, 0) is 18.2 Å². The highest BCUT2D eigenvalue weighted by Gasteiger charge is 2.14. The summed E-state index contributed by atoms with van der Waals surface area (Å²) in [6, 6.07) is 5.14. The van der Waals surface area contributed by atoms with Crippen molar-refractivity contribution in [2.75, 3.05) is 7.11 Å². The molecule has 0 amide bonds. The van der Waals surface area contributed by atoms with Crippen LogP contribution in [0.25, 0.3) is 11.4 Å². The molecule has 0 aliphatic heterocycles. The second-order valence-electron chi connectivity index (χ2n) is 3.01. The van der Waals surface area contributed by atoms with E-state index in [0.717, 1.165) is 0 Å². The Hall–Kier alpha value is -1.32. The Balaban J connectivity index is 2.64. The Morgan fingerprint density at radius 3 is 2.44 bits per heavy atom. The fourth-order valence-electron chi connectivity index (χ4n) is 1.32. The zero-order chi connectivity index (χ0) is 11.5. The van der Waals surface area contributed by atoms with E-state index >= 15 is 0 Å². The molecule has 2 aromatic rings. The molecule has 0 unspecified atom stereocenters. The monoisotopic (exact) mass is 254 g/mol. The van der Waals surface area contributed by atoms with E-state index in [-0.39, 0.29) is 0 Å². The maximum Gasteiger partial charge on any atom is 0.162 e. The predicted molar refractivity (Wildman–Crippen MR) is 64.0 cm³/mol. The summed E-state index contributed by atoms with van der Waals surface area (Å²) < 4.78 is 5.12. The van der Waals surface area contributed by atoms with Gasteiger partial charge in [-0.1, -0.05) is 23.2 Å². The topological polar surface area (TPSA) is 35.0 Å². The summed E-state index contributed by atoms with van der Waals surface area (Å²) in [5.41, 5.74) is 0.586. The number of methoxy groups -OCH3 is 1. The van der Waals surface area contributed by atoms with Crippen molar-refractivity contribution in [1.82, 2.24) is 9.97 Å². The van der Waals surface area contributed by atoms with Crippen molar-refractivity contribution in [1.29, 1.82) is 0 Å². The second-order valence-corrected chi connectivity index (χ2v) is 3.80.